The zero-order valence-corrected chi connectivity index (χ0v) is 20.4. The van der Waals surface area contributed by atoms with Gasteiger partial charge in [0.05, 0.1) is 0 Å². The van der Waals surface area contributed by atoms with Crippen LogP contribution in [-0.4, -0.2) is 0 Å². The Balaban J connectivity index is 0.000000685. The van der Waals surface area contributed by atoms with Crippen molar-refractivity contribution < 1.29 is 0 Å². The maximum Gasteiger partial charge on any atom is -0.00293 e. The predicted octanol–water partition coefficient (Wildman–Crippen LogP) is 9.26. The van der Waals surface area contributed by atoms with Crippen molar-refractivity contribution in [2.45, 2.75) is 60.3 Å². The summed E-state index contributed by atoms with van der Waals surface area (Å²) >= 11 is 0. The van der Waals surface area contributed by atoms with Gasteiger partial charge >= 0.3 is 0 Å². The first-order valence-corrected chi connectivity index (χ1v) is 11.4. The van der Waals surface area contributed by atoms with E-state index < -0.39 is 0 Å². The van der Waals surface area contributed by atoms with Gasteiger partial charge in [-0.25, -0.2) is 0 Å². The molecule has 0 aromatic heterocycles. The Hall–Kier alpha value is -2.86. The smallest absolute Gasteiger partial charge is 0.00293 e. The molecule has 0 aliphatic rings. The zero-order chi connectivity index (χ0) is 23.3. The average Bonchev–Trinajstić information content (AvgIpc) is 2.82. The maximum absolute atomic E-state index is 3.84. The van der Waals surface area contributed by atoms with Crippen molar-refractivity contribution in [3.8, 4) is 0 Å². The second kappa shape index (κ2) is 19.1. The van der Waals surface area contributed by atoms with Gasteiger partial charge in [-0.2, -0.15) is 0 Å². The van der Waals surface area contributed by atoms with E-state index in [-0.39, 0.29) is 0 Å². The lowest BCUT2D eigenvalue weighted by Crippen LogP contribution is -1.93. The molecule has 2 rings (SSSR count). The lowest BCUT2D eigenvalue weighted by atomic mass is 10.0. The van der Waals surface area contributed by atoms with Crippen LogP contribution < -0.4 is 0 Å². The van der Waals surface area contributed by atoms with Crippen LogP contribution in [0.3, 0.4) is 0 Å². The predicted molar refractivity (Wildman–Crippen MR) is 143 cm³/mol. The van der Waals surface area contributed by atoms with Crippen molar-refractivity contribution in [2.75, 3.05) is 0 Å². The van der Waals surface area contributed by atoms with Gasteiger partial charge < -0.3 is 0 Å². The first-order chi connectivity index (χ1) is 15.0. The Morgan fingerprint density at radius 3 is 1.74 bits per heavy atom. The SMILES string of the molecule is C=C/C(=C\C)Cc1ccc(CCc2ccccc2)cc1.C=C/C=C\C(C)=C/C.CCC. The molecule has 0 heterocycles. The highest BCUT2D eigenvalue weighted by Crippen LogP contribution is 2.12. The van der Waals surface area contributed by atoms with E-state index in [0.717, 1.165) is 19.3 Å². The fraction of sp³-hybridized carbons (Fsp3) is 0.290. The minimum atomic E-state index is 0.971. The lowest BCUT2D eigenvalue weighted by molar-refractivity contribution is 0.958. The summed E-state index contributed by atoms with van der Waals surface area (Å²) in [4.78, 5) is 0. The Morgan fingerprint density at radius 1 is 0.774 bits per heavy atom. The van der Waals surface area contributed by atoms with Gasteiger partial charge in [-0.05, 0) is 62.3 Å². The third-order valence-electron chi connectivity index (χ3n) is 4.56. The Morgan fingerprint density at radius 2 is 1.29 bits per heavy atom. The maximum atomic E-state index is 3.84. The van der Waals surface area contributed by atoms with Crippen LogP contribution in [-0.2, 0) is 19.3 Å². The minimum absolute atomic E-state index is 0.971. The van der Waals surface area contributed by atoms with E-state index in [4.69, 9.17) is 0 Å². The van der Waals surface area contributed by atoms with E-state index in [1.807, 2.05) is 25.2 Å². The summed E-state index contributed by atoms with van der Waals surface area (Å²) in [5, 5.41) is 0. The van der Waals surface area contributed by atoms with Gasteiger partial charge in [0.25, 0.3) is 0 Å². The molecule has 0 heteroatoms. The van der Waals surface area contributed by atoms with Gasteiger partial charge in [-0.15, -0.1) is 0 Å². The molecule has 0 unspecified atom stereocenters. The molecule has 0 atom stereocenters. The number of aryl methyl sites for hydroxylation is 2. The largest absolute Gasteiger partial charge is 0.0991 e. The summed E-state index contributed by atoms with van der Waals surface area (Å²) < 4.78 is 0. The molecule has 0 nitrogen and oxygen atoms in total. The van der Waals surface area contributed by atoms with Crippen molar-refractivity contribution in [1.29, 1.82) is 0 Å². The van der Waals surface area contributed by atoms with Crippen LogP contribution in [0.1, 0.15) is 57.7 Å². The molecule has 0 amide bonds. The fourth-order valence-corrected chi connectivity index (χ4v) is 2.60. The Labute approximate surface area is 192 Å². The summed E-state index contributed by atoms with van der Waals surface area (Å²) in [7, 11) is 0. The highest BCUT2D eigenvalue weighted by molar-refractivity contribution is 5.30. The molecule has 0 saturated carbocycles. The highest BCUT2D eigenvalue weighted by Gasteiger charge is 1.98. The molecule has 2 aromatic carbocycles. The Kier molecular flexibility index (Phi) is 17.4. The number of rotatable bonds is 8. The third-order valence-corrected chi connectivity index (χ3v) is 4.56. The summed E-state index contributed by atoms with van der Waals surface area (Å²) in [5.41, 5.74) is 6.70. The third kappa shape index (κ3) is 14.7. The average molecular weight is 415 g/mol. The fourth-order valence-electron chi connectivity index (χ4n) is 2.60. The van der Waals surface area contributed by atoms with Gasteiger partial charge in [0.1, 0.15) is 0 Å². The van der Waals surface area contributed by atoms with Crippen LogP contribution in [0.4, 0.5) is 0 Å². The summed E-state index contributed by atoms with van der Waals surface area (Å²) in [5.74, 6) is 0. The number of benzene rings is 2. The Bertz CT molecular complexity index is 799. The molecule has 0 spiro atoms. The van der Waals surface area contributed by atoms with Crippen molar-refractivity contribution in [3.63, 3.8) is 0 Å². The van der Waals surface area contributed by atoms with Crippen LogP contribution in [0.2, 0.25) is 0 Å². The first kappa shape index (κ1) is 28.1. The topological polar surface area (TPSA) is 0 Å². The number of hydrogen-bond donors (Lipinski definition) is 0. The van der Waals surface area contributed by atoms with E-state index >= 15 is 0 Å². The van der Waals surface area contributed by atoms with Crippen LogP contribution in [0, 0.1) is 0 Å². The quantitative estimate of drug-likeness (QED) is 0.377. The van der Waals surface area contributed by atoms with Crippen LogP contribution in [0.5, 0.6) is 0 Å². The molecule has 0 aliphatic heterocycles. The molecule has 166 valence electrons. The van der Waals surface area contributed by atoms with Gasteiger partial charge in [-0.3, -0.25) is 0 Å². The monoisotopic (exact) mass is 414 g/mol. The summed E-state index contributed by atoms with van der Waals surface area (Å²) in [6.45, 7) is 17.8. The molecule has 0 N–H and O–H groups in total. The lowest BCUT2D eigenvalue weighted by Gasteiger charge is -2.05. The van der Waals surface area contributed by atoms with E-state index in [9.17, 15) is 0 Å². The number of hydrogen-bond acceptors (Lipinski definition) is 0. The standard InChI is InChI=1S/C20H22.C8H12.C3H8/c1-3-17(4-2)16-20-14-12-19(13-15-20)11-10-18-8-6-5-7-9-18;1-4-6-7-8(3)5-2;1-3-2/h3-9,12-15H,1,10-11,16H2,2H3;4-7H,1H2,2-3H3;3H2,1-2H3/b17-4+;7-6-,8-5-;. The van der Waals surface area contributed by atoms with Crippen molar-refractivity contribution in [1.82, 2.24) is 0 Å². The second-order valence-corrected chi connectivity index (χ2v) is 7.38. The minimum Gasteiger partial charge on any atom is -0.0991 e. The van der Waals surface area contributed by atoms with Crippen molar-refractivity contribution in [2.24, 2.45) is 0 Å². The van der Waals surface area contributed by atoms with Gasteiger partial charge in [0, 0.05) is 0 Å². The van der Waals surface area contributed by atoms with E-state index in [1.54, 1.807) is 6.08 Å². The van der Waals surface area contributed by atoms with Crippen LogP contribution in [0.25, 0.3) is 0 Å². The zero-order valence-electron chi connectivity index (χ0n) is 20.4. The molecule has 0 bridgehead atoms. The van der Waals surface area contributed by atoms with Crippen molar-refractivity contribution in [3.05, 3.63) is 132 Å². The van der Waals surface area contributed by atoms with E-state index in [2.05, 4.69) is 108 Å². The molecule has 2 aromatic rings. The van der Waals surface area contributed by atoms with Crippen LogP contribution in [0.15, 0.2) is 115 Å². The molecular formula is C31H42. The molecule has 31 heavy (non-hydrogen) atoms. The molecule has 0 radical (unpaired) electrons. The molecule has 0 saturated heterocycles. The van der Waals surface area contributed by atoms with Crippen molar-refractivity contribution >= 4 is 0 Å². The summed E-state index contributed by atoms with van der Waals surface area (Å²) in [6, 6.07) is 19.6. The molecular weight excluding hydrogens is 372 g/mol. The van der Waals surface area contributed by atoms with Gasteiger partial charge in [0.15, 0.2) is 0 Å². The summed E-state index contributed by atoms with van der Waals surface area (Å²) in [6.07, 6.45) is 16.3. The molecule has 0 aliphatic carbocycles. The van der Waals surface area contributed by atoms with Crippen LogP contribution >= 0.6 is 0 Å². The normalized spacial score (nSPS) is 11.1. The first-order valence-electron chi connectivity index (χ1n) is 11.4. The number of allylic oxidation sites excluding steroid dienone is 8. The van der Waals surface area contributed by atoms with Gasteiger partial charge in [-0.1, -0.05) is 130 Å². The van der Waals surface area contributed by atoms with E-state index in [1.165, 1.54) is 34.3 Å². The second-order valence-electron chi connectivity index (χ2n) is 7.38. The molecule has 0 fully saturated rings. The highest BCUT2D eigenvalue weighted by atomic mass is 14.0. The van der Waals surface area contributed by atoms with E-state index in [0.29, 0.717) is 0 Å². The van der Waals surface area contributed by atoms with Gasteiger partial charge in [0.2, 0.25) is 0 Å².